The molecule has 0 atom stereocenters. The number of phenolic OH excluding ortho intramolecular Hbond substituents is 1. The SMILES string of the molecule is O=C(O)N1CCN(c2ncc(-c3ccc(O)cc3)cn2)c2ccccc21. The zero-order chi connectivity index (χ0) is 18.1. The van der Waals surface area contributed by atoms with Gasteiger partial charge in [-0.25, -0.2) is 14.8 Å². The Balaban J connectivity index is 1.66. The van der Waals surface area contributed by atoms with Crippen molar-refractivity contribution in [3.05, 3.63) is 60.9 Å². The maximum Gasteiger partial charge on any atom is 0.411 e. The fourth-order valence-corrected chi connectivity index (χ4v) is 3.03. The van der Waals surface area contributed by atoms with Crippen molar-refractivity contribution in [1.29, 1.82) is 0 Å². The lowest BCUT2D eigenvalue weighted by Crippen LogP contribution is -2.42. The zero-order valence-electron chi connectivity index (χ0n) is 13.8. The number of fused-ring (bicyclic) bond motifs is 1. The van der Waals surface area contributed by atoms with Crippen LogP contribution in [0.15, 0.2) is 60.9 Å². The van der Waals surface area contributed by atoms with E-state index < -0.39 is 6.09 Å². The highest BCUT2D eigenvalue weighted by molar-refractivity contribution is 5.93. The summed E-state index contributed by atoms with van der Waals surface area (Å²) in [7, 11) is 0. The maximum atomic E-state index is 11.4. The first kappa shape index (κ1) is 15.9. The number of benzene rings is 2. The molecule has 26 heavy (non-hydrogen) atoms. The van der Waals surface area contributed by atoms with Crippen molar-refractivity contribution < 1.29 is 15.0 Å². The second kappa shape index (κ2) is 6.36. The highest BCUT2D eigenvalue weighted by atomic mass is 16.4. The second-order valence-corrected chi connectivity index (χ2v) is 5.89. The van der Waals surface area contributed by atoms with E-state index in [4.69, 9.17) is 0 Å². The van der Waals surface area contributed by atoms with Crippen molar-refractivity contribution in [2.45, 2.75) is 0 Å². The summed E-state index contributed by atoms with van der Waals surface area (Å²) in [6.45, 7) is 0.817. The summed E-state index contributed by atoms with van der Waals surface area (Å²) in [5, 5.41) is 18.8. The smallest absolute Gasteiger partial charge is 0.411 e. The Morgan fingerprint density at radius 1 is 0.885 bits per heavy atom. The second-order valence-electron chi connectivity index (χ2n) is 5.89. The lowest BCUT2D eigenvalue weighted by Gasteiger charge is -2.34. The molecule has 1 amide bonds. The van der Waals surface area contributed by atoms with Crippen molar-refractivity contribution in [2.24, 2.45) is 0 Å². The molecule has 2 N–H and O–H groups in total. The summed E-state index contributed by atoms with van der Waals surface area (Å²) in [4.78, 5) is 23.6. The number of aromatic nitrogens is 2. The molecule has 2 heterocycles. The lowest BCUT2D eigenvalue weighted by atomic mass is 10.1. The lowest BCUT2D eigenvalue weighted by molar-refractivity contribution is 0.201. The molecule has 7 nitrogen and oxygen atoms in total. The number of hydrogen-bond donors (Lipinski definition) is 2. The molecule has 4 rings (SSSR count). The van der Waals surface area contributed by atoms with E-state index in [0.29, 0.717) is 24.7 Å². The fraction of sp³-hybridized carbons (Fsp3) is 0.105. The number of amides is 1. The third-order valence-corrected chi connectivity index (χ3v) is 4.32. The van der Waals surface area contributed by atoms with Crippen LogP contribution < -0.4 is 9.80 Å². The Morgan fingerprint density at radius 3 is 2.19 bits per heavy atom. The number of carboxylic acid groups (broad SMARTS) is 1. The van der Waals surface area contributed by atoms with Crippen LogP contribution in [0.4, 0.5) is 22.1 Å². The van der Waals surface area contributed by atoms with Crippen LogP contribution in [0.5, 0.6) is 5.75 Å². The van der Waals surface area contributed by atoms with Crippen LogP contribution in [0.2, 0.25) is 0 Å². The maximum absolute atomic E-state index is 11.4. The van der Waals surface area contributed by atoms with Gasteiger partial charge in [-0.15, -0.1) is 0 Å². The van der Waals surface area contributed by atoms with Gasteiger partial charge < -0.3 is 15.1 Å². The standard InChI is InChI=1S/C19H16N4O3/c24-15-7-5-13(6-8-15)14-11-20-18(21-12-14)22-9-10-23(19(25)26)17-4-2-1-3-16(17)22/h1-8,11-12,24H,9-10H2,(H,25,26). The summed E-state index contributed by atoms with van der Waals surface area (Å²) < 4.78 is 0. The molecule has 0 unspecified atom stereocenters. The van der Waals surface area contributed by atoms with Gasteiger partial charge in [0.2, 0.25) is 5.95 Å². The van der Waals surface area contributed by atoms with Crippen molar-refractivity contribution in [1.82, 2.24) is 9.97 Å². The van der Waals surface area contributed by atoms with Crippen LogP contribution in [-0.4, -0.2) is 39.4 Å². The van der Waals surface area contributed by atoms with Crippen molar-refractivity contribution in [2.75, 3.05) is 22.9 Å². The predicted molar refractivity (Wildman–Crippen MR) is 98.0 cm³/mol. The van der Waals surface area contributed by atoms with Crippen LogP contribution in [0.25, 0.3) is 11.1 Å². The minimum absolute atomic E-state index is 0.208. The average Bonchev–Trinajstić information content (AvgIpc) is 2.68. The Labute approximate surface area is 149 Å². The van der Waals surface area contributed by atoms with E-state index >= 15 is 0 Å². The highest BCUT2D eigenvalue weighted by Gasteiger charge is 2.28. The number of phenols is 1. The normalized spacial score (nSPS) is 13.4. The molecule has 0 bridgehead atoms. The van der Waals surface area contributed by atoms with Crippen molar-refractivity contribution >= 4 is 23.4 Å². The Bertz CT molecular complexity index is 942. The van der Waals surface area contributed by atoms with Gasteiger partial charge in [-0.2, -0.15) is 0 Å². The van der Waals surface area contributed by atoms with Crippen molar-refractivity contribution in [3.63, 3.8) is 0 Å². The Kier molecular flexibility index (Phi) is 3.89. The predicted octanol–water partition coefficient (Wildman–Crippen LogP) is 3.49. The third kappa shape index (κ3) is 2.79. The molecule has 0 aliphatic carbocycles. The summed E-state index contributed by atoms with van der Waals surface area (Å²) >= 11 is 0. The zero-order valence-corrected chi connectivity index (χ0v) is 13.8. The Morgan fingerprint density at radius 2 is 1.54 bits per heavy atom. The van der Waals surface area contributed by atoms with E-state index in [1.165, 1.54) is 4.90 Å². The highest BCUT2D eigenvalue weighted by Crippen LogP contribution is 2.36. The van der Waals surface area contributed by atoms with Crippen LogP contribution in [0, 0.1) is 0 Å². The fourth-order valence-electron chi connectivity index (χ4n) is 3.03. The Hall–Kier alpha value is -3.61. The van der Waals surface area contributed by atoms with Crippen molar-refractivity contribution in [3.8, 4) is 16.9 Å². The van der Waals surface area contributed by atoms with Gasteiger partial charge in [0.25, 0.3) is 0 Å². The number of hydrogen-bond acceptors (Lipinski definition) is 5. The van der Waals surface area contributed by atoms with Gasteiger partial charge in [-0.1, -0.05) is 24.3 Å². The molecule has 0 fully saturated rings. The van der Waals surface area contributed by atoms with Crippen LogP contribution >= 0.6 is 0 Å². The van der Waals surface area contributed by atoms with Crippen LogP contribution in [0.3, 0.4) is 0 Å². The molecule has 1 aliphatic heterocycles. The minimum atomic E-state index is -0.972. The van der Waals surface area contributed by atoms with Gasteiger partial charge in [0.05, 0.1) is 11.4 Å². The van der Waals surface area contributed by atoms with Gasteiger partial charge in [-0.3, -0.25) is 4.90 Å². The first-order valence-electron chi connectivity index (χ1n) is 8.12. The monoisotopic (exact) mass is 348 g/mol. The number of aromatic hydroxyl groups is 1. The molecule has 2 aromatic carbocycles. The number of rotatable bonds is 2. The molecular weight excluding hydrogens is 332 g/mol. The van der Waals surface area contributed by atoms with E-state index in [2.05, 4.69) is 9.97 Å². The van der Waals surface area contributed by atoms with E-state index in [9.17, 15) is 15.0 Å². The molecule has 0 radical (unpaired) electrons. The van der Waals surface area contributed by atoms with Gasteiger partial charge in [-0.05, 0) is 29.8 Å². The molecule has 0 saturated heterocycles. The summed E-state index contributed by atoms with van der Waals surface area (Å²) in [5.41, 5.74) is 3.13. The summed E-state index contributed by atoms with van der Waals surface area (Å²) in [6.07, 6.45) is 2.47. The molecule has 0 spiro atoms. The number of carbonyl (C=O) groups is 1. The number of nitrogens with zero attached hydrogens (tertiary/aromatic N) is 4. The first-order valence-corrected chi connectivity index (χ1v) is 8.12. The van der Waals surface area contributed by atoms with E-state index in [0.717, 1.165) is 16.8 Å². The van der Waals surface area contributed by atoms with Gasteiger partial charge in [0.15, 0.2) is 0 Å². The topological polar surface area (TPSA) is 89.8 Å². The third-order valence-electron chi connectivity index (χ3n) is 4.32. The molecular formula is C19H16N4O3. The summed E-state index contributed by atoms with van der Waals surface area (Å²) in [6, 6.07) is 14.1. The largest absolute Gasteiger partial charge is 0.508 e. The van der Waals surface area contributed by atoms with E-state index in [1.54, 1.807) is 42.7 Å². The first-order chi connectivity index (χ1) is 12.6. The van der Waals surface area contributed by atoms with Gasteiger partial charge in [0.1, 0.15) is 5.75 Å². The van der Waals surface area contributed by atoms with Crippen LogP contribution in [-0.2, 0) is 0 Å². The van der Waals surface area contributed by atoms with Gasteiger partial charge >= 0.3 is 6.09 Å². The summed E-state index contributed by atoms with van der Waals surface area (Å²) in [5.74, 6) is 0.726. The average molecular weight is 348 g/mol. The number of para-hydroxylation sites is 2. The quantitative estimate of drug-likeness (QED) is 0.737. The van der Waals surface area contributed by atoms with Crippen LogP contribution in [0.1, 0.15) is 0 Å². The van der Waals surface area contributed by atoms with E-state index in [-0.39, 0.29) is 5.75 Å². The number of anilines is 3. The molecule has 7 heteroatoms. The molecule has 0 saturated carbocycles. The molecule has 3 aromatic rings. The molecule has 130 valence electrons. The molecule has 1 aliphatic rings. The van der Waals surface area contributed by atoms with E-state index in [1.807, 2.05) is 23.1 Å². The molecule has 1 aromatic heterocycles. The minimum Gasteiger partial charge on any atom is -0.508 e. The van der Waals surface area contributed by atoms with Gasteiger partial charge in [0, 0.05) is 31.0 Å².